The maximum absolute atomic E-state index is 9.16. The van der Waals surface area contributed by atoms with Crippen molar-refractivity contribution in [2.24, 2.45) is 0 Å². The largest absolute Gasteiger partial charge is 0.391 e. The maximum atomic E-state index is 9.16. The zero-order chi connectivity index (χ0) is 11.4. The van der Waals surface area contributed by atoms with Crippen LogP contribution in [0.3, 0.4) is 0 Å². The summed E-state index contributed by atoms with van der Waals surface area (Å²) in [5.41, 5.74) is 0.500. The molecule has 16 heavy (non-hydrogen) atoms. The van der Waals surface area contributed by atoms with Crippen molar-refractivity contribution in [1.82, 2.24) is 19.9 Å². The van der Waals surface area contributed by atoms with Crippen LogP contribution in [0.15, 0.2) is 35.0 Å². The SMILES string of the molecule is OCc1c(Cl)ncnc1Sc1cnccn1. The molecule has 5 nitrogen and oxygen atoms in total. The smallest absolute Gasteiger partial charge is 0.139 e. The van der Waals surface area contributed by atoms with Crippen LogP contribution in [0.1, 0.15) is 5.56 Å². The molecule has 7 heteroatoms. The molecular formula is C9H7ClN4OS. The second-order valence-corrected chi connectivity index (χ2v) is 4.12. The highest BCUT2D eigenvalue weighted by atomic mass is 35.5. The van der Waals surface area contributed by atoms with E-state index in [0.29, 0.717) is 15.6 Å². The van der Waals surface area contributed by atoms with Crippen molar-refractivity contribution in [3.05, 3.63) is 35.6 Å². The molecule has 2 aromatic heterocycles. The topological polar surface area (TPSA) is 71.8 Å². The molecule has 0 aliphatic carbocycles. The fraction of sp³-hybridized carbons (Fsp3) is 0.111. The maximum Gasteiger partial charge on any atom is 0.139 e. The van der Waals surface area contributed by atoms with Crippen LogP contribution in [0.4, 0.5) is 0 Å². The highest BCUT2D eigenvalue weighted by Gasteiger charge is 2.10. The molecule has 0 amide bonds. The Balaban J connectivity index is 2.31. The second-order valence-electron chi connectivity index (χ2n) is 2.75. The van der Waals surface area contributed by atoms with Gasteiger partial charge in [-0.3, -0.25) is 4.98 Å². The van der Waals surface area contributed by atoms with E-state index in [1.54, 1.807) is 18.6 Å². The third kappa shape index (κ3) is 2.46. The first-order chi connectivity index (χ1) is 7.81. The summed E-state index contributed by atoms with van der Waals surface area (Å²) in [5, 5.41) is 10.7. The van der Waals surface area contributed by atoms with Gasteiger partial charge in [-0.05, 0) is 11.8 Å². The van der Waals surface area contributed by atoms with E-state index < -0.39 is 0 Å². The van der Waals surface area contributed by atoms with Crippen LogP contribution >= 0.6 is 23.4 Å². The first kappa shape index (κ1) is 11.3. The lowest BCUT2D eigenvalue weighted by Gasteiger charge is -2.05. The number of rotatable bonds is 3. The van der Waals surface area contributed by atoms with Gasteiger partial charge in [0.2, 0.25) is 0 Å². The van der Waals surface area contributed by atoms with Gasteiger partial charge < -0.3 is 5.11 Å². The summed E-state index contributed by atoms with van der Waals surface area (Å²) in [7, 11) is 0. The second kappa shape index (κ2) is 5.20. The van der Waals surface area contributed by atoms with Gasteiger partial charge in [-0.25, -0.2) is 15.0 Å². The van der Waals surface area contributed by atoms with Gasteiger partial charge in [0.05, 0.1) is 12.8 Å². The zero-order valence-corrected chi connectivity index (χ0v) is 9.61. The van der Waals surface area contributed by atoms with E-state index in [-0.39, 0.29) is 11.8 Å². The van der Waals surface area contributed by atoms with E-state index in [0.717, 1.165) is 0 Å². The Labute approximate surface area is 101 Å². The molecular weight excluding hydrogens is 248 g/mol. The minimum absolute atomic E-state index is 0.206. The summed E-state index contributed by atoms with van der Waals surface area (Å²) in [6, 6.07) is 0. The molecule has 0 bridgehead atoms. The number of aliphatic hydroxyl groups excluding tert-OH is 1. The average Bonchev–Trinajstić information content (AvgIpc) is 2.31. The summed E-state index contributed by atoms with van der Waals surface area (Å²) in [6.07, 6.45) is 6.13. The molecule has 82 valence electrons. The van der Waals surface area contributed by atoms with Crippen LogP contribution in [0, 0.1) is 0 Å². The van der Waals surface area contributed by atoms with Crippen LogP contribution < -0.4 is 0 Å². The van der Waals surface area contributed by atoms with Gasteiger partial charge in [-0.2, -0.15) is 0 Å². The molecule has 2 heterocycles. The van der Waals surface area contributed by atoms with Crippen molar-refractivity contribution in [3.63, 3.8) is 0 Å². The Morgan fingerprint density at radius 2 is 2.12 bits per heavy atom. The van der Waals surface area contributed by atoms with Gasteiger partial charge in [0.15, 0.2) is 0 Å². The van der Waals surface area contributed by atoms with Gasteiger partial charge >= 0.3 is 0 Å². The quantitative estimate of drug-likeness (QED) is 0.839. The van der Waals surface area contributed by atoms with E-state index in [9.17, 15) is 0 Å². The van der Waals surface area contributed by atoms with E-state index in [2.05, 4.69) is 19.9 Å². The Bertz CT molecular complexity index is 482. The normalized spacial score (nSPS) is 10.4. The van der Waals surface area contributed by atoms with E-state index in [1.807, 2.05) is 0 Å². The molecule has 1 N–H and O–H groups in total. The van der Waals surface area contributed by atoms with Crippen LogP contribution in [-0.2, 0) is 6.61 Å². The number of nitrogens with zero attached hydrogens (tertiary/aromatic N) is 4. The monoisotopic (exact) mass is 254 g/mol. The fourth-order valence-electron chi connectivity index (χ4n) is 1.03. The molecule has 0 aliphatic heterocycles. The van der Waals surface area contributed by atoms with Crippen LogP contribution in [-0.4, -0.2) is 25.0 Å². The van der Waals surface area contributed by atoms with Crippen molar-refractivity contribution in [1.29, 1.82) is 0 Å². The van der Waals surface area contributed by atoms with Crippen molar-refractivity contribution in [3.8, 4) is 0 Å². The third-order valence-corrected chi connectivity index (χ3v) is 3.04. The number of halogens is 1. The van der Waals surface area contributed by atoms with Gasteiger partial charge in [-0.1, -0.05) is 11.6 Å². The van der Waals surface area contributed by atoms with E-state index in [4.69, 9.17) is 16.7 Å². The first-order valence-electron chi connectivity index (χ1n) is 4.35. The highest BCUT2D eigenvalue weighted by molar-refractivity contribution is 7.99. The number of aliphatic hydroxyl groups is 1. The van der Waals surface area contributed by atoms with Gasteiger partial charge in [0, 0.05) is 18.0 Å². The summed E-state index contributed by atoms with van der Waals surface area (Å²) in [4.78, 5) is 15.9. The molecule has 0 radical (unpaired) electrons. The summed E-state index contributed by atoms with van der Waals surface area (Å²) in [6.45, 7) is -0.206. The van der Waals surface area contributed by atoms with Crippen molar-refractivity contribution in [2.45, 2.75) is 16.7 Å². The molecule has 0 aliphatic rings. The van der Waals surface area contributed by atoms with Crippen molar-refractivity contribution in [2.75, 3.05) is 0 Å². The fourth-order valence-corrected chi connectivity index (χ4v) is 2.09. The Hall–Kier alpha value is -1.24. The molecule has 0 spiro atoms. The van der Waals surface area contributed by atoms with Gasteiger partial charge in [-0.15, -0.1) is 0 Å². The predicted octanol–water partition coefficient (Wildman–Crippen LogP) is 1.56. The Morgan fingerprint density at radius 3 is 2.81 bits per heavy atom. The summed E-state index contributed by atoms with van der Waals surface area (Å²) >= 11 is 7.12. The number of hydrogen-bond donors (Lipinski definition) is 1. The lowest BCUT2D eigenvalue weighted by molar-refractivity contribution is 0.277. The molecule has 0 saturated carbocycles. The molecule has 0 atom stereocenters. The highest BCUT2D eigenvalue weighted by Crippen LogP contribution is 2.29. The summed E-state index contributed by atoms with van der Waals surface area (Å²) in [5.74, 6) is 0. The molecule has 0 saturated heterocycles. The summed E-state index contributed by atoms with van der Waals surface area (Å²) < 4.78 is 0. The molecule has 0 aromatic carbocycles. The van der Waals surface area contributed by atoms with Crippen molar-refractivity contribution >= 4 is 23.4 Å². The van der Waals surface area contributed by atoms with Crippen molar-refractivity contribution < 1.29 is 5.11 Å². The first-order valence-corrected chi connectivity index (χ1v) is 5.55. The Kier molecular flexibility index (Phi) is 3.66. The lowest BCUT2D eigenvalue weighted by Crippen LogP contribution is -1.95. The Morgan fingerprint density at radius 1 is 1.25 bits per heavy atom. The van der Waals surface area contributed by atoms with E-state index >= 15 is 0 Å². The molecule has 2 rings (SSSR count). The average molecular weight is 255 g/mol. The van der Waals surface area contributed by atoms with Crippen LogP contribution in [0.2, 0.25) is 5.15 Å². The van der Waals surface area contributed by atoms with Crippen LogP contribution in [0.25, 0.3) is 0 Å². The van der Waals surface area contributed by atoms with Gasteiger partial charge in [0.1, 0.15) is 21.5 Å². The minimum atomic E-state index is -0.206. The minimum Gasteiger partial charge on any atom is -0.391 e. The lowest BCUT2D eigenvalue weighted by atomic mass is 10.4. The number of hydrogen-bond acceptors (Lipinski definition) is 6. The van der Waals surface area contributed by atoms with E-state index in [1.165, 1.54) is 18.1 Å². The van der Waals surface area contributed by atoms with Crippen LogP contribution in [0.5, 0.6) is 0 Å². The standard InChI is InChI=1S/C9H7ClN4OS/c10-8-6(4-15)9(14-5-13-8)16-7-3-11-1-2-12-7/h1-3,5,15H,4H2. The molecule has 0 fully saturated rings. The predicted molar refractivity (Wildman–Crippen MR) is 59.1 cm³/mol. The molecule has 0 unspecified atom stereocenters. The zero-order valence-electron chi connectivity index (χ0n) is 8.04. The third-order valence-electron chi connectivity index (χ3n) is 1.75. The molecule has 2 aromatic rings. The van der Waals surface area contributed by atoms with Gasteiger partial charge in [0.25, 0.3) is 0 Å². The number of aromatic nitrogens is 4.